The second-order valence-corrected chi connectivity index (χ2v) is 9.27. The summed E-state index contributed by atoms with van der Waals surface area (Å²) in [4.78, 5) is 32.4. The van der Waals surface area contributed by atoms with Gasteiger partial charge in [0.25, 0.3) is 11.5 Å². The van der Waals surface area contributed by atoms with E-state index in [2.05, 4.69) is 15.2 Å². The number of anilines is 2. The molecule has 3 N–H and O–H groups in total. The number of hydrogen-bond acceptors (Lipinski definition) is 7. The molecule has 11 heteroatoms. The van der Waals surface area contributed by atoms with Crippen LogP contribution in [-0.4, -0.2) is 46.7 Å². The molecule has 0 atom stereocenters. The Morgan fingerprint density at radius 3 is 2.52 bits per heavy atom. The van der Waals surface area contributed by atoms with E-state index in [-0.39, 0.29) is 22.8 Å². The fraction of sp³-hybridized carbons (Fsp3) is 0.207. The van der Waals surface area contributed by atoms with Crippen LogP contribution in [0, 0.1) is 18.6 Å². The van der Waals surface area contributed by atoms with Crippen LogP contribution in [0.25, 0.3) is 5.69 Å². The topological polar surface area (TPSA) is 112 Å². The van der Waals surface area contributed by atoms with Crippen molar-refractivity contribution in [3.63, 3.8) is 0 Å². The van der Waals surface area contributed by atoms with Crippen molar-refractivity contribution in [2.45, 2.75) is 13.5 Å². The van der Waals surface area contributed by atoms with Crippen LogP contribution in [0.15, 0.2) is 71.7 Å². The van der Waals surface area contributed by atoms with Gasteiger partial charge < -0.3 is 20.5 Å². The largest absolute Gasteiger partial charge is 0.454 e. The first-order chi connectivity index (χ1) is 19.3. The molecule has 1 aliphatic heterocycles. The van der Waals surface area contributed by atoms with E-state index in [1.54, 1.807) is 19.1 Å². The van der Waals surface area contributed by atoms with Crippen LogP contribution >= 0.6 is 0 Å². The fourth-order valence-electron chi connectivity index (χ4n) is 4.42. The summed E-state index contributed by atoms with van der Waals surface area (Å²) in [6.07, 6.45) is 1.49. The standard InChI is InChI=1S/C29H27F2N5O4/c1-18-2-8-22(29(38)36(18)21-6-3-19(30)4-7-21)28(37)34-20-5-9-26(24(31)16-20)40-25-10-11-33-27(32)23(25)17-35-12-14-39-15-13-35/h2-11,16H,12-15,17H2,1H3,(H2,32,33)(H,34,37). The molecule has 0 radical (unpaired) electrons. The van der Waals surface area contributed by atoms with E-state index in [0.29, 0.717) is 42.5 Å². The van der Waals surface area contributed by atoms with Crippen LogP contribution < -0.4 is 21.3 Å². The zero-order valence-corrected chi connectivity index (χ0v) is 21.7. The Bertz CT molecular complexity index is 1600. The number of halogens is 2. The number of rotatable bonds is 7. The van der Waals surface area contributed by atoms with Crippen LogP contribution in [0.5, 0.6) is 11.5 Å². The molecule has 206 valence electrons. The van der Waals surface area contributed by atoms with Crippen molar-refractivity contribution >= 4 is 17.4 Å². The summed E-state index contributed by atoms with van der Waals surface area (Å²) in [5.41, 5.74) is 7.10. The molecule has 1 amide bonds. The number of aromatic nitrogens is 2. The number of nitrogens with one attached hydrogen (secondary N) is 1. The Labute approximate surface area is 228 Å². The van der Waals surface area contributed by atoms with E-state index in [1.807, 2.05) is 0 Å². The smallest absolute Gasteiger partial charge is 0.268 e. The average molecular weight is 548 g/mol. The first-order valence-corrected chi connectivity index (χ1v) is 12.6. The summed E-state index contributed by atoms with van der Waals surface area (Å²) in [6.45, 7) is 4.85. The van der Waals surface area contributed by atoms with Crippen molar-refractivity contribution in [1.82, 2.24) is 14.5 Å². The third-order valence-electron chi connectivity index (χ3n) is 6.55. The number of hydrogen-bond donors (Lipinski definition) is 2. The first kappa shape index (κ1) is 27.0. The van der Waals surface area contributed by atoms with Gasteiger partial charge in [0.2, 0.25) is 0 Å². The lowest BCUT2D eigenvalue weighted by Crippen LogP contribution is -2.36. The number of carbonyl (C=O) groups is 1. The van der Waals surface area contributed by atoms with Crippen LogP contribution in [-0.2, 0) is 11.3 Å². The van der Waals surface area contributed by atoms with Crippen molar-refractivity contribution in [2.24, 2.45) is 0 Å². The maximum absolute atomic E-state index is 15.1. The van der Waals surface area contributed by atoms with Crippen LogP contribution in [0.1, 0.15) is 21.6 Å². The number of amides is 1. The third kappa shape index (κ3) is 5.85. The number of benzene rings is 2. The van der Waals surface area contributed by atoms with Crippen molar-refractivity contribution in [3.05, 3.63) is 106 Å². The SMILES string of the molecule is Cc1ccc(C(=O)Nc2ccc(Oc3ccnc(N)c3CN3CCOCC3)c(F)c2)c(=O)n1-c1ccc(F)cc1. The van der Waals surface area contributed by atoms with Gasteiger partial charge in [0.15, 0.2) is 11.6 Å². The minimum absolute atomic E-state index is 0.0687. The highest BCUT2D eigenvalue weighted by Gasteiger charge is 2.19. The average Bonchev–Trinajstić information content (AvgIpc) is 2.93. The molecule has 4 aromatic rings. The maximum atomic E-state index is 15.1. The van der Waals surface area contributed by atoms with Crippen LogP contribution in [0.4, 0.5) is 20.3 Å². The minimum atomic E-state index is -0.724. The Morgan fingerprint density at radius 2 is 1.80 bits per heavy atom. The van der Waals surface area contributed by atoms with Crippen molar-refractivity contribution in [1.29, 1.82) is 0 Å². The number of nitrogens with two attached hydrogens (primary N) is 1. The fourth-order valence-corrected chi connectivity index (χ4v) is 4.42. The molecule has 0 bridgehead atoms. The predicted molar refractivity (Wildman–Crippen MR) is 146 cm³/mol. The van der Waals surface area contributed by atoms with E-state index in [4.69, 9.17) is 15.2 Å². The van der Waals surface area contributed by atoms with E-state index in [9.17, 15) is 14.0 Å². The van der Waals surface area contributed by atoms with Gasteiger partial charge in [-0.3, -0.25) is 19.1 Å². The van der Waals surface area contributed by atoms with Crippen molar-refractivity contribution in [3.8, 4) is 17.2 Å². The summed E-state index contributed by atoms with van der Waals surface area (Å²) in [7, 11) is 0. The number of morpholine rings is 1. The number of aryl methyl sites for hydroxylation is 1. The van der Waals surface area contributed by atoms with Crippen LogP contribution in [0.3, 0.4) is 0 Å². The molecular weight excluding hydrogens is 520 g/mol. The van der Waals surface area contributed by atoms with E-state index in [1.165, 1.54) is 53.2 Å². The molecule has 9 nitrogen and oxygen atoms in total. The Morgan fingerprint density at radius 1 is 1.05 bits per heavy atom. The van der Waals surface area contributed by atoms with Gasteiger partial charge in [0.1, 0.15) is 22.9 Å². The minimum Gasteiger partial charge on any atom is -0.454 e. The molecule has 2 aromatic carbocycles. The molecule has 0 spiro atoms. The lowest BCUT2D eigenvalue weighted by atomic mass is 10.2. The summed E-state index contributed by atoms with van der Waals surface area (Å²) in [5.74, 6) is -1.30. The molecular formula is C29H27F2N5O4. The highest BCUT2D eigenvalue weighted by Crippen LogP contribution is 2.32. The molecule has 3 heterocycles. The van der Waals surface area contributed by atoms with Gasteiger partial charge in [-0.05, 0) is 61.5 Å². The van der Waals surface area contributed by atoms with Crippen molar-refractivity contribution in [2.75, 3.05) is 37.4 Å². The zero-order chi connectivity index (χ0) is 28.2. The molecule has 1 saturated heterocycles. The second kappa shape index (κ2) is 11.6. The summed E-state index contributed by atoms with van der Waals surface area (Å²) in [6, 6.07) is 13.9. The predicted octanol–water partition coefficient (Wildman–Crippen LogP) is 4.28. The normalized spacial score (nSPS) is 13.7. The van der Waals surface area contributed by atoms with Gasteiger partial charge in [0, 0.05) is 49.0 Å². The Balaban J connectivity index is 1.34. The quantitative estimate of drug-likeness (QED) is 0.355. The maximum Gasteiger partial charge on any atom is 0.268 e. The van der Waals surface area contributed by atoms with Gasteiger partial charge in [-0.25, -0.2) is 13.8 Å². The third-order valence-corrected chi connectivity index (χ3v) is 6.55. The Hall–Kier alpha value is -4.61. The molecule has 0 aliphatic carbocycles. The molecule has 40 heavy (non-hydrogen) atoms. The van der Waals surface area contributed by atoms with Crippen LogP contribution in [0.2, 0.25) is 0 Å². The molecule has 1 aliphatic rings. The number of carbonyl (C=O) groups excluding carboxylic acids is 1. The second-order valence-electron chi connectivity index (χ2n) is 9.27. The summed E-state index contributed by atoms with van der Waals surface area (Å²) < 4.78 is 41.0. The summed E-state index contributed by atoms with van der Waals surface area (Å²) >= 11 is 0. The van der Waals surface area contributed by atoms with Gasteiger partial charge in [0.05, 0.1) is 18.8 Å². The summed E-state index contributed by atoms with van der Waals surface area (Å²) in [5, 5.41) is 2.56. The van der Waals surface area contributed by atoms with Gasteiger partial charge in [-0.1, -0.05) is 0 Å². The number of ether oxygens (including phenoxy) is 2. The molecule has 2 aromatic heterocycles. The lowest BCUT2D eigenvalue weighted by Gasteiger charge is -2.27. The van der Waals surface area contributed by atoms with Gasteiger partial charge >= 0.3 is 0 Å². The molecule has 0 saturated carbocycles. The molecule has 0 unspecified atom stereocenters. The monoisotopic (exact) mass is 547 g/mol. The number of pyridine rings is 2. The highest BCUT2D eigenvalue weighted by atomic mass is 19.1. The van der Waals surface area contributed by atoms with Crippen molar-refractivity contribution < 1.29 is 23.0 Å². The van der Waals surface area contributed by atoms with Gasteiger partial charge in [-0.15, -0.1) is 0 Å². The Kier molecular flexibility index (Phi) is 7.85. The van der Waals surface area contributed by atoms with E-state index in [0.717, 1.165) is 19.2 Å². The highest BCUT2D eigenvalue weighted by molar-refractivity contribution is 6.04. The van der Waals surface area contributed by atoms with Gasteiger partial charge in [-0.2, -0.15) is 0 Å². The molecule has 5 rings (SSSR count). The zero-order valence-electron chi connectivity index (χ0n) is 21.7. The van der Waals surface area contributed by atoms with E-state index >= 15 is 4.39 Å². The first-order valence-electron chi connectivity index (χ1n) is 12.6. The number of nitrogens with zero attached hydrogens (tertiary/aromatic N) is 3. The molecule has 1 fully saturated rings. The van der Waals surface area contributed by atoms with E-state index < -0.39 is 23.1 Å². The number of nitrogen functional groups attached to an aromatic ring is 1. The lowest BCUT2D eigenvalue weighted by molar-refractivity contribution is 0.0340.